The molecule has 1 fully saturated rings. The van der Waals surface area contributed by atoms with Crippen LogP contribution in [0.2, 0.25) is 0 Å². The minimum Gasteiger partial charge on any atom is -0.431 e. The van der Waals surface area contributed by atoms with E-state index in [-0.39, 0.29) is 11.2 Å². The highest BCUT2D eigenvalue weighted by Crippen LogP contribution is 2.27. The Bertz CT molecular complexity index is 871. The molecule has 0 N–H and O–H groups in total. The van der Waals surface area contributed by atoms with Crippen molar-refractivity contribution in [2.24, 2.45) is 0 Å². The number of carbonyl (C=O) groups excluding carboxylic acids is 1. The lowest BCUT2D eigenvalue weighted by molar-refractivity contribution is -0.132. The Hall–Kier alpha value is -2.31. The Balaban J connectivity index is 1.30. The molecule has 3 aromatic rings. The largest absolute Gasteiger partial charge is 0.431 e. The second kappa shape index (κ2) is 8.15. The van der Waals surface area contributed by atoms with E-state index in [0.717, 1.165) is 43.8 Å². The number of piperazine rings is 1. The summed E-state index contributed by atoms with van der Waals surface area (Å²) in [7, 11) is 0. The number of aromatic nitrogens is 1. The van der Waals surface area contributed by atoms with Gasteiger partial charge >= 0.3 is 0 Å². The van der Waals surface area contributed by atoms with Gasteiger partial charge in [-0.15, -0.1) is 0 Å². The third kappa shape index (κ3) is 4.34. The van der Waals surface area contributed by atoms with E-state index in [9.17, 15) is 4.79 Å². The predicted octanol–water partition coefficient (Wildman–Crippen LogP) is 3.65. The van der Waals surface area contributed by atoms with Gasteiger partial charge < -0.3 is 9.32 Å². The van der Waals surface area contributed by atoms with Gasteiger partial charge in [-0.25, -0.2) is 4.98 Å². The average Bonchev–Trinajstić information content (AvgIpc) is 3.11. The van der Waals surface area contributed by atoms with Crippen molar-refractivity contribution in [1.29, 1.82) is 0 Å². The van der Waals surface area contributed by atoms with Gasteiger partial charge in [0.1, 0.15) is 5.52 Å². The number of hydrogen-bond donors (Lipinski definition) is 0. The lowest BCUT2D eigenvalue weighted by Gasteiger charge is -2.35. The molecule has 6 heteroatoms. The van der Waals surface area contributed by atoms with Crippen LogP contribution in [0.1, 0.15) is 12.5 Å². The molecule has 5 nitrogen and oxygen atoms in total. The van der Waals surface area contributed by atoms with Crippen LogP contribution < -0.4 is 0 Å². The van der Waals surface area contributed by atoms with Crippen molar-refractivity contribution < 1.29 is 9.21 Å². The van der Waals surface area contributed by atoms with Crippen molar-refractivity contribution in [2.45, 2.75) is 23.9 Å². The van der Waals surface area contributed by atoms with Crippen LogP contribution in [0.3, 0.4) is 0 Å². The fourth-order valence-corrected chi connectivity index (χ4v) is 4.17. The molecule has 0 saturated carbocycles. The molecular weight excluding hydrogens is 358 g/mol. The summed E-state index contributed by atoms with van der Waals surface area (Å²) >= 11 is 1.39. The number of para-hydroxylation sites is 2. The van der Waals surface area contributed by atoms with Crippen molar-refractivity contribution in [1.82, 2.24) is 14.8 Å². The van der Waals surface area contributed by atoms with E-state index in [1.54, 1.807) is 0 Å². The second-order valence-corrected chi connectivity index (χ2v) is 8.09. The van der Waals surface area contributed by atoms with Crippen LogP contribution in [-0.2, 0) is 11.3 Å². The zero-order valence-corrected chi connectivity index (χ0v) is 16.2. The summed E-state index contributed by atoms with van der Waals surface area (Å²) in [6.45, 7) is 6.21. The first-order chi connectivity index (χ1) is 13.2. The summed E-state index contributed by atoms with van der Waals surface area (Å²) in [5, 5.41) is 0.346. The summed E-state index contributed by atoms with van der Waals surface area (Å²) in [5.74, 6) is 0.154. The molecule has 1 atom stereocenters. The average molecular weight is 382 g/mol. The number of thioether (sulfide) groups is 1. The van der Waals surface area contributed by atoms with E-state index < -0.39 is 0 Å². The van der Waals surface area contributed by atoms with Gasteiger partial charge in [0.15, 0.2) is 5.58 Å². The van der Waals surface area contributed by atoms with Gasteiger partial charge in [-0.05, 0) is 24.6 Å². The van der Waals surface area contributed by atoms with Gasteiger partial charge in [0.05, 0.1) is 5.25 Å². The number of carbonyl (C=O) groups is 1. The van der Waals surface area contributed by atoms with Gasteiger partial charge in [0.25, 0.3) is 5.22 Å². The molecule has 0 radical (unpaired) electrons. The van der Waals surface area contributed by atoms with Crippen LogP contribution in [0.5, 0.6) is 0 Å². The molecule has 1 aromatic heterocycles. The van der Waals surface area contributed by atoms with Crippen molar-refractivity contribution in [3.63, 3.8) is 0 Å². The fraction of sp³-hybridized carbons (Fsp3) is 0.333. The minimum absolute atomic E-state index is 0.154. The van der Waals surface area contributed by atoms with Gasteiger partial charge in [0, 0.05) is 32.7 Å². The summed E-state index contributed by atoms with van der Waals surface area (Å²) in [5.41, 5.74) is 2.90. The molecule has 0 aliphatic carbocycles. The highest BCUT2D eigenvalue weighted by Gasteiger charge is 2.26. The molecule has 27 heavy (non-hydrogen) atoms. The van der Waals surface area contributed by atoms with E-state index in [4.69, 9.17) is 4.42 Å². The van der Waals surface area contributed by atoms with Crippen LogP contribution >= 0.6 is 11.8 Å². The summed E-state index contributed by atoms with van der Waals surface area (Å²) in [4.78, 5) is 21.6. The Kier molecular flexibility index (Phi) is 5.45. The number of rotatable bonds is 5. The quantitative estimate of drug-likeness (QED) is 0.632. The van der Waals surface area contributed by atoms with E-state index >= 15 is 0 Å². The first-order valence-corrected chi connectivity index (χ1v) is 10.1. The van der Waals surface area contributed by atoms with Crippen molar-refractivity contribution >= 4 is 28.8 Å². The molecule has 4 rings (SSSR count). The number of fused-ring (bicyclic) bond motifs is 1. The standard InChI is InChI=1S/C21H23N3O2S/c1-16(27-21-22-18-9-5-6-10-19(18)26-21)20(25)24-13-11-23(12-14-24)15-17-7-3-2-4-8-17/h2-10,16H,11-15H2,1H3/t16-/m0/s1. The number of benzene rings is 2. The summed E-state index contributed by atoms with van der Waals surface area (Å²) < 4.78 is 5.73. The Morgan fingerprint density at radius 2 is 1.78 bits per heavy atom. The lowest BCUT2D eigenvalue weighted by atomic mass is 10.2. The molecule has 2 aromatic carbocycles. The maximum Gasteiger partial charge on any atom is 0.257 e. The van der Waals surface area contributed by atoms with Gasteiger partial charge in [-0.1, -0.05) is 54.2 Å². The van der Waals surface area contributed by atoms with Crippen molar-refractivity contribution in [2.75, 3.05) is 26.2 Å². The molecule has 2 heterocycles. The summed E-state index contributed by atoms with van der Waals surface area (Å²) in [6.07, 6.45) is 0. The molecule has 0 spiro atoms. The first kappa shape index (κ1) is 18.1. The first-order valence-electron chi connectivity index (χ1n) is 9.26. The zero-order chi connectivity index (χ0) is 18.6. The van der Waals surface area contributed by atoms with E-state index in [1.807, 2.05) is 42.2 Å². The molecular formula is C21H23N3O2S. The van der Waals surface area contributed by atoms with E-state index in [0.29, 0.717) is 5.22 Å². The topological polar surface area (TPSA) is 49.6 Å². The van der Waals surface area contributed by atoms with E-state index in [2.05, 4.69) is 34.1 Å². The van der Waals surface area contributed by atoms with Crippen molar-refractivity contribution in [3.05, 3.63) is 60.2 Å². The number of hydrogen-bond acceptors (Lipinski definition) is 5. The van der Waals surface area contributed by atoms with Crippen molar-refractivity contribution in [3.8, 4) is 0 Å². The third-order valence-corrected chi connectivity index (χ3v) is 5.76. The highest BCUT2D eigenvalue weighted by molar-refractivity contribution is 8.00. The third-order valence-electron chi connectivity index (χ3n) is 4.83. The van der Waals surface area contributed by atoms with E-state index in [1.165, 1.54) is 17.3 Å². The number of oxazole rings is 1. The van der Waals surface area contributed by atoms with Crippen LogP contribution in [0, 0.1) is 0 Å². The fourth-order valence-electron chi connectivity index (χ4n) is 3.33. The normalized spacial score (nSPS) is 16.6. The Labute approximate surface area is 163 Å². The maximum atomic E-state index is 12.8. The highest BCUT2D eigenvalue weighted by atomic mass is 32.2. The van der Waals surface area contributed by atoms with Gasteiger partial charge in [0.2, 0.25) is 5.91 Å². The molecule has 1 amide bonds. The number of nitrogens with zero attached hydrogens (tertiary/aromatic N) is 3. The Morgan fingerprint density at radius 1 is 1.07 bits per heavy atom. The second-order valence-electron chi connectivity index (χ2n) is 6.79. The van der Waals surface area contributed by atoms with Gasteiger partial charge in [-0.3, -0.25) is 9.69 Å². The van der Waals surface area contributed by atoms with Crippen LogP contribution in [0.25, 0.3) is 11.1 Å². The molecule has 0 bridgehead atoms. The zero-order valence-electron chi connectivity index (χ0n) is 15.4. The monoisotopic (exact) mass is 381 g/mol. The number of amides is 1. The van der Waals surface area contributed by atoms with Crippen LogP contribution in [0.4, 0.5) is 0 Å². The predicted molar refractivity (Wildman–Crippen MR) is 108 cm³/mol. The molecule has 1 aliphatic rings. The SMILES string of the molecule is C[C@H](Sc1nc2ccccc2o1)C(=O)N1CCN(Cc2ccccc2)CC1. The van der Waals surface area contributed by atoms with Gasteiger partial charge in [-0.2, -0.15) is 0 Å². The molecule has 140 valence electrons. The lowest BCUT2D eigenvalue weighted by Crippen LogP contribution is -2.50. The van der Waals surface area contributed by atoms with Crippen LogP contribution in [-0.4, -0.2) is 52.1 Å². The Morgan fingerprint density at radius 3 is 2.52 bits per heavy atom. The molecule has 1 aliphatic heterocycles. The summed E-state index contributed by atoms with van der Waals surface area (Å²) in [6, 6.07) is 18.1. The smallest absolute Gasteiger partial charge is 0.257 e. The molecule has 1 saturated heterocycles. The minimum atomic E-state index is -0.210. The van der Waals surface area contributed by atoms with Crippen LogP contribution in [0.15, 0.2) is 64.2 Å². The molecule has 0 unspecified atom stereocenters. The maximum absolute atomic E-state index is 12.8.